The number of carbonyl (C=O) groups is 1. The Labute approximate surface area is 159 Å². The van der Waals surface area contributed by atoms with Gasteiger partial charge in [0.15, 0.2) is 0 Å². The van der Waals surface area contributed by atoms with Crippen molar-refractivity contribution in [3.8, 4) is 0 Å². The Morgan fingerprint density at radius 2 is 1.85 bits per heavy atom. The predicted molar refractivity (Wildman–Crippen MR) is 99.3 cm³/mol. The summed E-state index contributed by atoms with van der Waals surface area (Å²) in [6, 6.07) is 6.45. The van der Waals surface area contributed by atoms with Crippen LogP contribution >= 0.6 is 11.6 Å². The summed E-state index contributed by atoms with van der Waals surface area (Å²) < 4.78 is 27.1. The summed E-state index contributed by atoms with van der Waals surface area (Å²) in [5.74, 6) is -0.446. The van der Waals surface area contributed by atoms with Crippen LogP contribution in [0.15, 0.2) is 29.2 Å². The summed E-state index contributed by atoms with van der Waals surface area (Å²) >= 11 is 6.06. The van der Waals surface area contributed by atoms with Crippen molar-refractivity contribution >= 4 is 27.5 Å². The van der Waals surface area contributed by atoms with Crippen LogP contribution < -0.4 is 5.32 Å². The second-order valence-corrected chi connectivity index (χ2v) is 9.46. The molecule has 2 aliphatic rings. The van der Waals surface area contributed by atoms with Gasteiger partial charge in [-0.1, -0.05) is 23.7 Å². The quantitative estimate of drug-likeness (QED) is 0.810. The molecule has 1 aromatic carbocycles. The number of nitrogens with zero attached hydrogens (tertiary/aromatic N) is 1. The lowest BCUT2D eigenvalue weighted by atomic mass is 9.92. The SMILES string of the molecule is O=C(NC1CCC(O)CC1)C1CCCN(S(=O)(=O)c2ccccc2Cl)C1. The van der Waals surface area contributed by atoms with Gasteiger partial charge in [0.2, 0.25) is 15.9 Å². The van der Waals surface area contributed by atoms with Crippen LogP contribution in [0.1, 0.15) is 38.5 Å². The van der Waals surface area contributed by atoms with E-state index >= 15 is 0 Å². The first-order chi connectivity index (χ1) is 12.4. The number of halogens is 1. The third-order valence-corrected chi connectivity index (χ3v) is 7.62. The van der Waals surface area contributed by atoms with E-state index in [1.807, 2.05) is 0 Å². The molecular formula is C18H25ClN2O4S. The Balaban J connectivity index is 1.65. The molecule has 144 valence electrons. The fraction of sp³-hybridized carbons (Fsp3) is 0.611. The number of hydrogen-bond acceptors (Lipinski definition) is 4. The van der Waals surface area contributed by atoms with Gasteiger partial charge < -0.3 is 10.4 Å². The third kappa shape index (κ3) is 4.39. The maximum Gasteiger partial charge on any atom is 0.244 e. The third-order valence-electron chi connectivity index (χ3n) is 5.25. The molecule has 1 heterocycles. The Kier molecular flexibility index (Phi) is 6.22. The van der Waals surface area contributed by atoms with Gasteiger partial charge in [-0.25, -0.2) is 8.42 Å². The highest BCUT2D eigenvalue weighted by molar-refractivity contribution is 7.89. The van der Waals surface area contributed by atoms with E-state index in [1.54, 1.807) is 18.2 Å². The van der Waals surface area contributed by atoms with Crippen LogP contribution in [-0.2, 0) is 14.8 Å². The smallest absolute Gasteiger partial charge is 0.244 e. The molecule has 6 nitrogen and oxygen atoms in total. The van der Waals surface area contributed by atoms with E-state index < -0.39 is 10.0 Å². The van der Waals surface area contributed by atoms with Crippen LogP contribution in [0.5, 0.6) is 0 Å². The normalized spacial score (nSPS) is 27.8. The van der Waals surface area contributed by atoms with E-state index in [0.29, 0.717) is 32.2 Å². The van der Waals surface area contributed by atoms with E-state index in [9.17, 15) is 18.3 Å². The van der Waals surface area contributed by atoms with Crippen LogP contribution in [0.2, 0.25) is 5.02 Å². The average Bonchev–Trinajstić information content (AvgIpc) is 2.64. The zero-order valence-electron chi connectivity index (χ0n) is 14.6. The van der Waals surface area contributed by atoms with Crippen molar-refractivity contribution < 1.29 is 18.3 Å². The van der Waals surface area contributed by atoms with E-state index in [4.69, 9.17) is 11.6 Å². The first-order valence-electron chi connectivity index (χ1n) is 9.11. The Bertz CT molecular complexity index is 747. The Morgan fingerprint density at radius 3 is 2.54 bits per heavy atom. The van der Waals surface area contributed by atoms with Gasteiger partial charge in [0, 0.05) is 19.1 Å². The molecule has 2 N–H and O–H groups in total. The molecule has 1 amide bonds. The largest absolute Gasteiger partial charge is 0.393 e. The van der Waals surface area contributed by atoms with Crippen LogP contribution in [0.4, 0.5) is 0 Å². The summed E-state index contributed by atoms with van der Waals surface area (Å²) in [7, 11) is -3.71. The van der Waals surface area contributed by atoms with Crippen LogP contribution in [0, 0.1) is 5.92 Å². The summed E-state index contributed by atoms with van der Waals surface area (Å²) in [6.45, 7) is 0.571. The molecule has 1 aliphatic carbocycles. The van der Waals surface area contributed by atoms with Crippen molar-refractivity contribution in [2.45, 2.75) is 55.6 Å². The molecule has 1 saturated heterocycles. The van der Waals surface area contributed by atoms with Gasteiger partial charge in [-0.3, -0.25) is 4.79 Å². The second kappa shape index (κ2) is 8.25. The molecular weight excluding hydrogens is 376 g/mol. The molecule has 3 rings (SSSR count). The zero-order chi connectivity index (χ0) is 18.7. The van der Waals surface area contributed by atoms with Gasteiger partial charge in [-0.15, -0.1) is 0 Å². The first-order valence-corrected chi connectivity index (χ1v) is 10.9. The summed E-state index contributed by atoms with van der Waals surface area (Å²) in [6.07, 6.45) is 3.98. The molecule has 0 bridgehead atoms. The number of rotatable bonds is 4. The van der Waals surface area contributed by atoms with Gasteiger partial charge >= 0.3 is 0 Å². The highest BCUT2D eigenvalue weighted by Gasteiger charge is 2.35. The summed E-state index contributed by atoms with van der Waals surface area (Å²) in [5, 5.41) is 12.8. The van der Waals surface area contributed by atoms with Crippen LogP contribution in [0.3, 0.4) is 0 Å². The van der Waals surface area contributed by atoms with Crippen molar-refractivity contribution in [1.82, 2.24) is 9.62 Å². The number of sulfonamides is 1. The first kappa shape index (κ1) is 19.6. The Hall–Kier alpha value is -1.15. The number of nitrogens with one attached hydrogen (secondary N) is 1. The lowest BCUT2D eigenvalue weighted by molar-refractivity contribution is -0.127. The summed E-state index contributed by atoms with van der Waals surface area (Å²) in [4.78, 5) is 12.7. The van der Waals surface area contributed by atoms with Gasteiger partial charge in [0.05, 0.1) is 17.0 Å². The zero-order valence-corrected chi connectivity index (χ0v) is 16.2. The van der Waals surface area contributed by atoms with Gasteiger partial charge in [-0.2, -0.15) is 4.31 Å². The summed E-state index contributed by atoms with van der Waals surface area (Å²) in [5.41, 5.74) is 0. The lowest BCUT2D eigenvalue weighted by Crippen LogP contribution is -2.48. The minimum absolute atomic E-state index is 0.0708. The number of aliphatic hydroxyl groups excluding tert-OH is 1. The molecule has 8 heteroatoms. The van der Waals surface area contributed by atoms with Crippen molar-refractivity contribution in [2.24, 2.45) is 5.92 Å². The van der Waals surface area contributed by atoms with Gasteiger partial charge in [0.25, 0.3) is 0 Å². The van der Waals surface area contributed by atoms with E-state index in [1.165, 1.54) is 10.4 Å². The Morgan fingerprint density at radius 1 is 1.15 bits per heavy atom. The monoisotopic (exact) mass is 400 g/mol. The standard InChI is InChI=1S/C18H25ClN2O4S/c19-16-5-1-2-6-17(16)26(24,25)21-11-3-4-13(12-21)18(23)20-14-7-9-15(22)10-8-14/h1-2,5-6,13-15,22H,3-4,7-12H2,(H,20,23). The fourth-order valence-corrected chi connectivity index (χ4v) is 5.72. The number of carbonyl (C=O) groups excluding carboxylic acids is 1. The highest BCUT2D eigenvalue weighted by Crippen LogP contribution is 2.28. The van der Waals surface area contributed by atoms with E-state index in [2.05, 4.69) is 5.32 Å². The molecule has 1 atom stereocenters. The molecule has 0 spiro atoms. The molecule has 1 aromatic rings. The molecule has 1 saturated carbocycles. The second-order valence-electron chi connectivity index (χ2n) is 7.15. The lowest BCUT2D eigenvalue weighted by Gasteiger charge is -2.33. The van der Waals surface area contributed by atoms with Crippen LogP contribution in [-0.4, -0.2) is 49.0 Å². The van der Waals surface area contributed by atoms with Gasteiger partial charge in [0.1, 0.15) is 4.90 Å². The van der Waals surface area contributed by atoms with Gasteiger partial charge in [-0.05, 0) is 50.7 Å². The highest BCUT2D eigenvalue weighted by atomic mass is 35.5. The average molecular weight is 401 g/mol. The molecule has 1 aliphatic heterocycles. The number of aliphatic hydroxyl groups is 1. The molecule has 0 radical (unpaired) electrons. The molecule has 1 unspecified atom stereocenters. The predicted octanol–water partition coefficient (Wildman–Crippen LogP) is 2.16. The van der Waals surface area contributed by atoms with Crippen molar-refractivity contribution in [1.29, 1.82) is 0 Å². The minimum Gasteiger partial charge on any atom is -0.393 e. The van der Waals surface area contributed by atoms with E-state index in [-0.39, 0.29) is 40.4 Å². The minimum atomic E-state index is -3.71. The number of piperidine rings is 1. The number of amides is 1. The topological polar surface area (TPSA) is 86.7 Å². The molecule has 2 fully saturated rings. The maximum absolute atomic E-state index is 12.9. The number of benzene rings is 1. The number of hydrogen-bond donors (Lipinski definition) is 2. The molecule has 26 heavy (non-hydrogen) atoms. The fourth-order valence-electron chi connectivity index (χ4n) is 3.71. The molecule has 0 aromatic heterocycles. The van der Waals surface area contributed by atoms with E-state index in [0.717, 1.165) is 12.8 Å². The van der Waals surface area contributed by atoms with Crippen molar-refractivity contribution in [3.05, 3.63) is 29.3 Å². The van der Waals surface area contributed by atoms with Crippen molar-refractivity contribution in [3.63, 3.8) is 0 Å². The van der Waals surface area contributed by atoms with Crippen LogP contribution in [0.25, 0.3) is 0 Å². The van der Waals surface area contributed by atoms with Crippen molar-refractivity contribution in [2.75, 3.05) is 13.1 Å². The maximum atomic E-state index is 12.9.